The molecule has 130 valence electrons. The number of aromatic nitrogens is 1. The van der Waals surface area contributed by atoms with E-state index in [4.69, 9.17) is 4.74 Å². The number of Topliss-reactive ketones (excluding diaryl/α,β-unsaturated/α-hetero) is 2. The predicted octanol–water partition coefficient (Wildman–Crippen LogP) is 3.87. The van der Waals surface area contributed by atoms with Crippen LogP contribution < -0.4 is 0 Å². The molecule has 25 heavy (non-hydrogen) atoms. The molecule has 0 fully saturated rings. The molecule has 0 saturated heterocycles. The Morgan fingerprint density at radius 2 is 1.84 bits per heavy atom. The number of hydrogen-bond donors (Lipinski definition) is 1. The summed E-state index contributed by atoms with van der Waals surface area (Å²) in [4.78, 5) is 39.4. The van der Waals surface area contributed by atoms with Crippen LogP contribution in [-0.2, 0) is 9.53 Å². The number of thioether (sulfide) groups is 1. The second-order valence-corrected chi connectivity index (χ2v) is 6.42. The van der Waals surface area contributed by atoms with E-state index in [0.717, 1.165) is 4.90 Å². The maximum absolute atomic E-state index is 12.2. The number of carbonyl (C=O) groups excluding carboxylic acids is 3. The van der Waals surface area contributed by atoms with E-state index in [1.165, 1.54) is 24.8 Å². The smallest absolute Gasteiger partial charge is 0.331 e. The Kier molecular flexibility index (Phi) is 6.36. The first-order valence-electron chi connectivity index (χ1n) is 7.68. The molecule has 1 heterocycles. The molecule has 6 heteroatoms. The van der Waals surface area contributed by atoms with Crippen molar-refractivity contribution in [1.82, 2.24) is 4.98 Å². The highest BCUT2D eigenvalue weighted by molar-refractivity contribution is 8.02. The second kappa shape index (κ2) is 8.48. The fourth-order valence-electron chi connectivity index (χ4n) is 2.48. The number of ether oxygens (including phenoxy) is 1. The van der Waals surface area contributed by atoms with Crippen LogP contribution in [0.5, 0.6) is 0 Å². The third-order valence-electron chi connectivity index (χ3n) is 3.57. The maximum atomic E-state index is 12.2. The fourth-order valence-corrected chi connectivity index (χ4v) is 3.13. The molecule has 2 aromatic rings. The number of hydrogen-bond acceptors (Lipinski definition) is 5. The van der Waals surface area contributed by atoms with Gasteiger partial charge in [0.1, 0.15) is 0 Å². The zero-order valence-corrected chi connectivity index (χ0v) is 15.1. The minimum Gasteiger partial charge on any atom is -0.454 e. The van der Waals surface area contributed by atoms with Crippen molar-refractivity contribution in [2.75, 3.05) is 6.61 Å². The molecule has 1 N–H and O–H groups in total. The lowest BCUT2D eigenvalue weighted by atomic mass is 10.1. The van der Waals surface area contributed by atoms with Gasteiger partial charge >= 0.3 is 5.97 Å². The molecule has 0 atom stereocenters. The van der Waals surface area contributed by atoms with Crippen molar-refractivity contribution in [1.29, 1.82) is 0 Å². The number of ketones is 2. The molecule has 0 aliphatic carbocycles. The van der Waals surface area contributed by atoms with E-state index in [0.29, 0.717) is 22.5 Å². The van der Waals surface area contributed by atoms with Gasteiger partial charge in [-0.3, -0.25) is 9.59 Å². The number of aromatic amines is 1. The van der Waals surface area contributed by atoms with Crippen LogP contribution in [0.3, 0.4) is 0 Å². The Bertz CT molecular complexity index is 821. The van der Waals surface area contributed by atoms with Gasteiger partial charge in [-0.15, -0.1) is 0 Å². The molecule has 0 amide bonds. The molecule has 5 nitrogen and oxygen atoms in total. The van der Waals surface area contributed by atoms with Gasteiger partial charge in [-0.1, -0.05) is 30.0 Å². The average Bonchev–Trinajstić information content (AvgIpc) is 2.88. The highest BCUT2D eigenvalue weighted by Crippen LogP contribution is 2.19. The standard InChI is InChI=1S/C19H19NO4S/c1-12-18(14(3)21)13(2)20-19(12)16(22)11-24-17(23)9-10-25-15-7-5-4-6-8-15/h4-10,20H,11H2,1-3H3/b10-9+. The van der Waals surface area contributed by atoms with Crippen LogP contribution in [0.15, 0.2) is 46.7 Å². The summed E-state index contributed by atoms with van der Waals surface area (Å²) in [6, 6.07) is 9.57. The molecule has 2 rings (SSSR count). The topological polar surface area (TPSA) is 76.2 Å². The number of H-pyrrole nitrogens is 1. The van der Waals surface area contributed by atoms with Gasteiger partial charge in [0.05, 0.1) is 5.69 Å². The fraction of sp³-hybridized carbons (Fsp3) is 0.211. The van der Waals surface area contributed by atoms with E-state index >= 15 is 0 Å². The summed E-state index contributed by atoms with van der Waals surface area (Å²) in [6.07, 6.45) is 1.28. The van der Waals surface area contributed by atoms with Crippen LogP contribution in [0, 0.1) is 13.8 Å². The van der Waals surface area contributed by atoms with Gasteiger partial charge in [0.15, 0.2) is 12.4 Å². The molecule has 0 bridgehead atoms. The van der Waals surface area contributed by atoms with E-state index in [-0.39, 0.29) is 18.2 Å². The first-order chi connectivity index (χ1) is 11.9. The highest BCUT2D eigenvalue weighted by Gasteiger charge is 2.20. The SMILES string of the molecule is CC(=O)c1c(C)[nH]c(C(=O)COC(=O)/C=C/Sc2ccccc2)c1C. The number of nitrogens with one attached hydrogen (secondary N) is 1. The van der Waals surface area contributed by atoms with Gasteiger partial charge in [-0.05, 0) is 43.9 Å². The Hall–Kier alpha value is -2.60. The molecule has 0 saturated carbocycles. The van der Waals surface area contributed by atoms with E-state index in [2.05, 4.69) is 4.98 Å². The van der Waals surface area contributed by atoms with Crippen LogP contribution in [-0.4, -0.2) is 29.1 Å². The Labute approximate surface area is 150 Å². The zero-order valence-electron chi connectivity index (χ0n) is 14.3. The summed E-state index contributed by atoms with van der Waals surface area (Å²) >= 11 is 1.38. The minimum atomic E-state index is -0.593. The summed E-state index contributed by atoms with van der Waals surface area (Å²) in [5, 5.41) is 1.61. The van der Waals surface area contributed by atoms with Gasteiger partial charge in [0, 0.05) is 22.2 Å². The van der Waals surface area contributed by atoms with Crippen molar-refractivity contribution in [3.63, 3.8) is 0 Å². The Morgan fingerprint density at radius 3 is 2.44 bits per heavy atom. The third kappa shape index (κ3) is 4.93. The molecular formula is C19H19NO4S. The van der Waals surface area contributed by atoms with E-state index < -0.39 is 5.97 Å². The van der Waals surface area contributed by atoms with E-state index in [1.807, 2.05) is 30.3 Å². The van der Waals surface area contributed by atoms with Crippen molar-refractivity contribution in [3.8, 4) is 0 Å². The third-order valence-corrected chi connectivity index (χ3v) is 4.38. The van der Waals surface area contributed by atoms with Crippen LogP contribution in [0.2, 0.25) is 0 Å². The summed E-state index contributed by atoms with van der Waals surface area (Å²) in [7, 11) is 0. The molecular weight excluding hydrogens is 338 g/mol. The number of rotatable bonds is 7. The van der Waals surface area contributed by atoms with Crippen LogP contribution in [0.25, 0.3) is 0 Å². The average molecular weight is 357 g/mol. The first-order valence-corrected chi connectivity index (χ1v) is 8.56. The second-order valence-electron chi connectivity index (χ2n) is 5.45. The maximum Gasteiger partial charge on any atom is 0.331 e. The van der Waals surface area contributed by atoms with Gasteiger partial charge in [-0.25, -0.2) is 4.79 Å². The predicted molar refractivity (Wildman–Crippen MR) is 97.0 cm³/mol. The lowest BCUT2D eigenvalue weighted by Gasteiger charge is -2.02. The zero-order chi connectivity index (χ0) is 18.4. The number of aryl methyl sites for hydroxylation is 1. The number of esters is 1. The minimum absolute atomic E-state index is 0.108. The van der Waals surface area contributed by atoms with Crippen molar-refractivity contribution in [2.45, 2.75) is 25.7 Å². The van der Waals surface area contributed by atoms with Crippen molar-refractivity contribution in [2.24, 2.45) is 0 Å². The molecule has 0 aliphatic rings. The summed E-state index contributed by atoms with van der Waals surface area (Å²) in [6.45, 7) is 4.51. The summed E-state index contributed by atoms with van der Waals surface area (Å²) in [5.74, 6) is -1.07. The Morgan fingerprint density at radius 1 is 1.16 bits per heavy atom. The largest absolute Gasteiger partial charge is 0.454 e. The van der Waals surface area contributed by atoms with Crippen LogP contribution in [0.1, 0.15) is 39.0 Å². The summed E-state index contributed by atoms with van der Waals surface area (Å²) in [5.41, 5.74) is 2.03. The molecule has 1 aromatic carbocycles. The quantitative estimate of drug-likeness (QED) is 0.352. The number of carbonyl (C=O) groups is 3. The Balaban J connectivity index is 1.90. The highest BCUT2D eigenvalue weighted by atomic mass is 32.2. The van der Waals surface area contributed by atoms with Crippen molar-refractivity contribution >= 4 is 29.3 Å². The van der Waals surface area contributed by atoms with Gasteiger partial charge < -0.3 is 9.72 Å². The van der Waals surface area contributed by atoms with E-state index in [9.17, 15) is 14.4 Å². The van der Waals surface area contributed by atoms with Crippen molar-refractivity contribution in [3.05, 3.63) is 64.3 Å². The van der Waals surface area contributed by atoms with Gasteiger partial charge in [0.25, 0.3) is 0 Å². The monoisotopic (exact) mass is 357 g/mol. The number of benzene rings is 1. The molecule has 0 spiro atoms. The molecule has 0 unspecified atom stereocenters. The lowest BCUT2D eigenvalue weighted by molar-refractivity contribution is -0.136. The first kappa shape index (κ1) is 18.7. The molecule has 0 aliphatic heterocycles. The van der Waals surface area contributed by atoms with E-state index in [1.54, 1.807) is 19.3 Å². The molecule has 0 radical (unpaired) electrons. The van der Waals surface area contributed by atoms with Gasteiger partial charge in [-0.2, -0.15) is 0 Å². The summed E-state index contributed by atoms with van der Waals surface area (Å²) < 4.78 is 4.97. The van der Waals surface area contributed by atoms with Crippen LogP contribution in [0.4, 0.5) is 0 Å². The normalized spacial score (nSPS) is 10.8. The van der Waals surface area contributed by atoms with Gasteiger partial charge in [0.2, 0.25) is 5.78 Å². The molecule has 1 aromatic heterocycles. The van der Waals surface area contributed by atoms with Crippen LogP contribution >= 0.6 is 11.8 Å². The lowest BCUT2D eigenvalue weighted by Crippen LogP contribution is -2.14. The van der Waals surface area contributed by atoms with Crippen molar-refractivity contribution < 1.29 is 19.1 Å².